The van der Waals surface area contributed by atoms with Crippen LogP contribution in [0, 0.1) is 33.3 Å². The predicted octanol–water partition coefficient (Wildman–Crippen LogP) is 3.47. The van der Waals surface area contributed by atoms with Gasteiger partial charge in [0, 0.05) is 21.1 Å². The average molecular weight is 529 g/mol. The van der Waals surface area contributed by atoms with Gasteiger partial charge >= 0.3 is 56.5 Å². The van der Waals surface area contributed by atoms with E-state index >= 15 is 0 Å². The minimum Gasteiger partial charge on any atom is 0 e. The summed E-state index contributed by atoms with van der Waals surface area (Å²) in [6.07, 6.45) is 0. The molecule has 5 nitrogen and oxygen atoms in total. The van der Waals surface area contributed by atoms with Crippen molar-refractivity contribution in [3.05, 3.63) is 74.9 Å². The molecular formula is C13H7Cl2O5PW. The molecule has 22 heavy (non-hydrogen) atoms. The van der Waals surface area contributed by atoms with E-state index in [1.165, 1.54) is 0 Å². The van der Waals surface area contributed by atoms with Gasteiger partial charge in [-0.05, 0) is 5.30 Å². The van der Waals surface area contributed by atoms with E-state index in [-0.39, 0.29) is 21.1 Å². The molecule has 1 aromatic carbocycles. The summed E-state index contributed by atoms with van der Waals surface area (Å²) in [6.45, 7) is 26.1. The van der Waals surface area contributed by atoms with Gasteiger partial charge in [0.15, 0.2) is 0 Å². The number of hydrogen-bond donors (Lipinski definition) is 0. The van der Waals surface area contributed by atoms with Gasteiger partial charge in [0.25, 0.3) is 0 Å². The molecule has 0 heterocycles. The standard InChI is InChI=1S/C8H7Cl2P.5CO.W/c1-7(9)11(10)8-5-3-2-4-6-8;5*1-2;/h2-6H,1H2;;;;;;. The van der Waals surface area contributed by atoms with Crippen LogP contribution in [0.1, 0.15) is 0 Å². The average Bonchev–Trinajstić information content (AvgIpc) is 2.63. The second-order valence-electron chi connectivity index (χ2n) is 1.99. The van der Waals surface area contributed by atoms with Gasteiger partial charge in [-0.3, -0.25) is 0 Å². The van der Waals surface area contributed by atoms with Gasteiger partial charge in [0.2, 0.25) is 0 Å². The van der Waals surface area contributed by atoms with E-state index in [1.54, 1.807) is 0 Å². The third-order valence-electron chi connectivity index (χ3n) is 1.20. The van der Waals surface area contributed by atoms with E-state index in [2.05, 4.69) is 39.8 Å². The van der Waals surface area contributed by atoms with Crippen molar-refractivity contribution >= 4 is 35.4 Å². The summed E-state index contributed by atoms with van der Waals surface area (Å²) in [5.41, 5.74) is 0. The van der Waals surface area contributed by atoms with Gasteiger partial charge in [0.1, 0.15) is 0 Å². The predicted molar refractivity (Wildman–Crippen MR) is 73.5 cm³/mol. The van der Waals surface area contributed by atoms with E-state index in [9.17, 15) is 0 Å². The zero-order valence-electron chi connectivity index (χ0n) is 10.7. The third kappa shape index (κ3) is 27.7. The van der Waals surface area contributed by atoms with Crippen molar-refractivity contribution in [2.24, 2.45) is 0 Å². The van der Waals surface area contributed by atoms with Gasteiger partial charge in [-0.25, -0.2) is 0 Å². The molecule has 1 aromatic rings. The van der Waals surface area contributed by atoms with Crippen molar-refractivity contribution in [1.29, 1.82) is 0 Å². The topological polar surface area (TPSA) is 99.5 Å². The smallest absolute Gasteiger partial charge is 0 e. The van der Waals surface area contributed by atoms with Crippen LogP contribution in [0.2, 0.25) is 0 Å². The Morgan fingerprint density at radius 1 is 0.818 bits per heavy atom. The summed E-state index contributed by atoms with van der Waals surface area (Å²) in [5.74, 6) is 0. The maximum atomic E-state index is 7.50. The summed E-state index contributed by atoms with van der Waals surface area (Å²) in [7, 11) is -0.891. The Labute approximate surface area is 154 Å². The molecule has 0 bridgehead atoms. The van der Waals surface area contributed by atoms with Crippen LogP contribution < -0.4 is 5.30 Å². The maximum absolute atomic E-state index is 7.50. The Hall–Kier alpha value is -0.642. The van der Waals surface area contributed by atoms with Crippen molar-refractivity contribution in [2.45, 2.75) is 0 Å². The van der Waals surface area contributed by atoms with Crippen molar-refractivity contribution in [1.82, 2.24) is 0 Å². The summed E-state index contributed by atoms with van der Waals surface area (Å²) < 4.78 is 38.0. The van der Waals surface area contributed by atoms with Crippen LogP contribution in [0.15, 0.2) is 41.7 Å². The van der Waals surface area contributed by atoms with E-state index in [0.717, 1.165) is 5.30 Å². The second-order valence-corrected chi connectivity index (χ2v) is 5.34. The third-order valence-corrected chi connectivity index (χ3v) is 4.34. The Balaban J connectivity index is -0.0000000500. The van der Waals surface area contributed by atoms with Crippen LogP contribution in [0.25, 0.3) is 0 Å². The molecule has 0 saturated heterocycles. The number of benzene rings is 1. The zero-order chi connectivity index (χ0) is 18.3. The molecule has 0 aliphatic carbocycles. The summed E-state index contributed by atoms with van der Waals surface area (Å²) >= 11 is 11.6. The van der Waals surface area contributed by atoms with Crippen molar-refractivity contribution < 1.29 is 44.3 Å². The second kappa shape index (κ2) is 42.8. The summed E-state index contributed by atoms with van der Waals surface area (Å²) in [5, 5.41) is 1.05. The van der Waals surface area contributed by atoms with Gasteiger partial charge in [0.05, 0.1) is 12.0 Å². The Bertz CT molecular complexity index is 408. The normalized spacial score (nSPS) is 6.73. The van der Waals surface area contributed by atoms with Crippen LogP contribution in [-0.2, 0) is 44.3 Å². The monoisotopic (exact) mass is 528 g/mol. The Kier molecular flexibility index (Phi) is 72.9. The first-order valence-corrected chi connectivity index (χ1v) is 6.71. The molecule has 0 saturated carbocycles. The molecule has 1 rings (SSSR count). The summed E-state index contributed by atoms with van der Waals surface area (Å²) in [6, 6.07) is 9.72. The number of halogens is 2. The Morgan fingerprint density at radius 2 is 1.09 bits per heavy atom. The number of rotatable bonds is 2. The molecule has 0 radical (unpaired) electrons. The van der Waals surface area contributed by atoms with E-state index in [1.807, 2.05) is 30.3 Å². The molecule has 0 N–H and O–H groups in total. The van der Waals surface area contributed by atoms with E-state index in [0.29, 0.717) is 4.77 Å². The van der Waals surface area contributed by atoms with Crippen LogP contribution >= 0.6 is 30.1 Å². The van der Waals surface area contributed by atoms with Crippen LogP contribution in [-0.4, -0.2) is 0 Å². The van der Waals surface area contributed by atoms with Crippen molar-refractivity contribution in [2.75, 3.05) is 0 Å². The van der Waals surface area contributed by atoms with Gasteiger partial charge in [-0.15, -0.1) is 0 Å². The van der Waals surface area contributed by atoms with Crippen molar-refractivity contribution in [3.8, 4) is 0 Å². The molecule has 0 fully saturated rings. The van der Waals surface area contributed by atoms with Crippen LogP contribution in [0.4, 0.5) is 0 Å². The minimum absolute atomic E-state index is 0. The fourth-order valence-corrected chi connectivity index (χ4v) is 2.04. The molecule has 0 amide bonds. The van der Waals surface area contributed by atoms with Crippen LogP contribution in [0.3, 0.4) is 0 Å². The fraction of sp³-hybridized carbons (Fsp3) is 0. The first-order valence-electron chi connectivity index (χ1n) is 4.09. The van der Waals surface area contributed by atoms with Gasteiger partial charge in [-0.2, -0.15) is 0 Å². The molecule has 0 aliphatic rings. The molecule has 0 aromatic heterocycles. The SMILES string of the molecule is C=C(Cl)P(Cl)c1ccccc1.[C-]#[O+].[C-]#[O+].[C-]#[O+].[C-]#[O+].[C-]#[O+].[W]. The maximum Gasteiger partial charge on any atom is 0 e. The summed E-state index contributed by atoms with van der Waals surface area (Å²) in [4.78, 5) is 0. The Morgan fingerprint density at radius 3 is 1.32 bits per heavy atom. The molecule has 114 valence electrons. The molecule has 9 heteroatoms. The van der Waals surface area contributed by atoms with Gasteiger partial charge in [-0.1, -0.05) is 59.8 Å². The van der Waals surface area contributed by atoms with E-state index < -0.39 is 7.27 Å². The minimum atomic E-state index is -0.891. The largest absolute Gasteiger partial charge is 0 e. The number of hydrogen-bond acceptors (Lipinski definition) is 0. The first-order chi connectivity index (χ1) is 10.2. The van der Waals surface area contributed by atoms with E-state index in [4.69, 9.17) is 46.1 Å². The molecule has 1 unspecified atom stereocenters. The molecule has 1 atom stereocenters. The zero-order valence-corrected chi connectivity index (χ0v) is 16.1. The quantitative estimate of drug-likeness (QED) is 0.319. The van der Waals surface area contributed by atoms with Crippen molar-refractivity contribution in [3.63, 3.8) is 0 Å². The molecular weight excluding hydrogens is 522 g/mol. The van der Waals surface area contributed by atoms with Crippen LogP contribution in [0.5, 0.6) is 0 Å². The first kappa shape index (κ1) is 37.5. The molecule has 0 spiro atoms. The van der Waals surface area contributed by atoms with Gasteiger partial charge < -0.3 is 0 Å². The molecule has 0 aliphatic heterocycles. The fourth-order valence-electron chi connectivity index (χ4n) is 0.699.